The summed E-state index contributed by atoms with van der Waals surface area (Å²) < 4.78 is -0.702. The molecule has 84 valence electrons. The first kappa shape index (κ1) is 11.2. The number of fused-ring (bicyclic) bond motifs is 1. The highest BCUT2D eigenvalue weighted by molar-refractivity contribution is 9.10. The smallest absolute Gasteiger partial charge is 0.234 e. The predicted octanol–water partition coefficient (Wildman–Crippen LogP) is 2.35. The molecule has 0 bridgehead atoms. The molecule has 3 N–H and O–H groups in total. The summed E-state index contributed by atoms with van der Waals surface area (Å²) in [4.78, 5) is 14.4. The number of para-hydroxylation sites is 1. The Morgan fingerprint density at radius 1 is 1.50 bits per heavy atom. The quantitative estimate of drug-likeness (QED) is 0.833. The summed E-state index contributed by atoms with van der Waals surface area (Å²) in [6.45, 7) is 1.79. The molecule has 2 aromatic rings. The molecule has 1 aromatic carbocycles. The highest BCUT2D eigenvalue weighted by Crippen LogP contribution is 2.26. The fourth-order valence-corrected chi connectivity index (χ4v) is 2.04. The maximum atomic E-state index is 11.3. The minimum absolute atomic E-state index is 0.351. The largest absolute Gasteiger partial charge is 0.368 e. The lowest BCUT2D eigenvalue weighted by Crippen LogP contribution is -2.37. The minimum Gasteiger partial charge on any atom is -0.368 e. The van der Waals surface area contributed by atoms with E-state index in [1.807, 2.05) is 30.5 Å². The number of nitrogens with two attached hydrogens (primary N) is 1. The minimum atomic E-state index is -0.702. The van der Waals surface area contributed by atoms with E-state index in [0.29, 0.717) is 6.42 Å². The zero-order valence-electron chi connectivity index (χ0n) is 8.96. The van der Waals surface area contributed by atoms with Crippen LogP contribution in [0.2, 0.25) is 0 Å². The van der Waals surface area contributed by atoms with Crippen LogP contribution >= 0.6 is 15.9 Å². The van der Waals surface area contributed by atoms with E-state index < -0.39 is 4.32 Å². The van der Waals surface area contributed by atoms with Crippen molar-refractivity contribution in [1.82, 2.24) is 4.98 Å². The van der Waals surface area contributed by atoms with Gasteiger partial charge in [-0.3, -0.25) is 4.79 Å². The molecule has 0 aliphatic heterocycles. The van der Waals surface area contributed by atoms with Gasteiger partial charge in [0.15, 0.2) is 0 Å². The second kappa shape index (κ2) is 3.94. The molecular weight excluding hydrogens is 268 g/mol. The van der Waals surface area contributed by atoms with Crippen LogP contribution in [-0.2, 0) is 11.2 Å². The van der Waals surface area contributed by atoms with Crippen molar-refractivity contribution in [3.8, 4) is 0 Å². The van der Waals surface area contributed by atoms with Gasteiger partial charge >= 0.3 is 0 Å². The van der Waals surface area contributed by atoms with Crippen LogP contribution in [0, 0.1) is 0 Å². The zero-order valence-corrected chi connectivity index (χ0v) is 10.5. The number of carbonyl (C=O) groups excluding carboxylic acids is 1. The van der Waals surface area contributed by atoms with E-state index >= 15 is 0 Å². The van der Waals surface area contributed by atoms with E-state index in [-0.39, 0.29) is 5.91 Å². The average molecular weight is 281 g/mol. The molecule has 1 heterocycles. The lowest BCUT2D eigenvalue weighted by molar-refractivity contribution is -0.119. The second-order valence-electron chi connectivity index (χ2n) is 4.10. The fraction of sp³-hybridized carbons (Fsp3) is 0.250. The number of carbonyl (C=O) groups is 1. The molecule has 4 heteroatoms. The lowest BCUT2D eigenvalue weighted by atomic mass is 9.99. The number of benzene rings is 1. The van der Waals surface area contributed by atoms with Crippen LogP contribution in [0.4, 0.5) is 0 Å². The van der Waals surface area contributed by atoms with Crippen LogP contribution in [-0.4, -0.2) is 15.2 Å². The molecule has 3 nitrogen and oxygen atoms in total. The summed E-state index contributed by atoms with van der Waals surface area (Å²) in [5.41, 5.74) is 7.49. The number of aromatic nitrogens is 1. The van der Waals surface area contributed by atoms with Crippen molar-refractivity contribution in [3.63, 3.8) is 0 Å². The van der Waals surface area contributed by atoms with Crippen LogP contribution in [0.15, 0.2) is 30.5 Å². The molecule has 0 radical (unpaired) electrons. The number of hydrogen-bond donors (Lipinski definition) is 2. The number of primary amides is 1. The van der Waals surface area contributed by atoms with Crippen molar-refractivity contribution in [3.05, 3.63) is 36.0 Å². The van der Waals surface area contributed by atoms with Crippen molar-refractivity contribution >= 4 is 32.7 Å². The number of hydrogen-bond acceptors (Lipinski definition) is 1. The Bertz CT molecular complexity index is 531. The maximum Gasteiger partial charge on any atom is 0.234 e. The third-order valence-corrected chi connectivity index (χ3v) is 3.38. The van der Waals surface area contributed by atoms with Crippen LogP contribution in [0.1, 0.15) is 12.5 Å². The molecule has 16 heavy (non-hydrogen) atoms. The van der Waals surface area contributed by atoms with Gasteiger partial charge in [0.25, 0.3) is 0 Å². The Morgan fingerprint density at radius 3 is 2.94 bits per heavy atom. The van der Waals surface area contributed by atoms with Gasteiger partial charge in [-0.25, -0.2) is 0 Å². The molecule has 1 atom stereocenters. The SMILES string of the molecule is CC(Br)(Cc1cccc2cc[nH]c12)C(N)=O. The van der Waals surface area contributed by atoms with Crippen LogP contribution in [0.25, 0.3) is 10.9 Å². The summed E-state index contributed by atoms with van der Waals surface area (Å²) in [5, 5.41) is 1.14. The van der Waals surface area contributed by atoms with E-state index in [1.54, 1.807) is 6.92 Å². The molecule has 0 aliphatic carbocycles. The molecule has 1 amide bonds. The number of amides is 1. The van der Waals surface area contributed by atoms with Crippen LogP contribution < -0.4 is 5.73 Å². The molecule has 1 aromatic heterocycles. The van der Waals surface area contributed by atoms with Gasteiger partial charge in [0.2, 0.25) is 5.91 Å². The van der Waals surface area contributed by atoms with Gasteiger partial charge in [-0.1, -0.05) is 34.1 Å². The van der Waals surface area contributed by atoms with E-state index in [9.17, 15) is 4.79 Å². The van der Waals surface area contributed by atoms with Gasteiger partial charge in [-0.15, -0.1) is 0 Å². The first-order chi connectivity index (χ1) is 7.50. The molecule has 1 unspecified atom stereocenters. The number of halogens is 1. The predicted molar refractivity (Wildman–Crippen MR) is 68.5 cm³/mol. The number of nitrogens with one attached hydrogen (secondary N) is 1. The van der Waals surface area contributed by atoms with E-state index in [2.05, 4.69) is 20.9 Å². The Morgan fingerprint density at radius 2 is 2.25 bits per heavy atom. The topological polar surface area (TPSA) is 58.9 Å². The third kappa shape index (κ3) is 1.97. The van der Waals surface area contributed by atoms with Gasteiger partial charge in [0, 0.05) is 11.7 Å². The summed E-state index contributed by atoms with van der Waals surface area (Å²) in [6, 6.07) is 8.02. The van der Waals surface area contributed by atoms with Gasteiger partial charge < -0.3 is 10.7 Å². The monoisotopic (exact) mass is 280 g/mol. The lowest BCUT2D eigenvalue weighted by Gasteiger charge is -2.18. The Labute approximate surface area is 102 Å². The third-order valence-electron chi connectivity index (χ3n) is 2.71. The number of alkyl halides is 1. The van der Waals surface area contributed by atoms with Gasteiger partial charge in [0.1, 0.15) is 4.32 Å². The van der Waals surface area contributed by atoms with E-state index in [4.69, 9.17) is 5.73 Å². The Hall–Kier alpha value is -1.29. The van der Waals surface area contributed by atoms with Crippen molar-refractivity contribution in [2.24, 2.45) is 5.73 Å². The van der Waals surface area contributed by atoms with Crippen LogP contribution in [0.5, 0.6) is 0 Å². The summed E-state index contributed by atoms with van der Waals surface area (Å²) in [6.07, 6.45) is 2.46. The first-order valence-electron chi connectivity index (χ1n) is 5.04. The van der Waals surface area contributed by atoms with Crippen molar-refractivity contribution < 1.29 is 4.79 Å². The number of aromatic amines is 1. The molecule has 0 fully saturated rings. The highest BCUT2D eigenvalue weighted by Gasteiger charge is 2.28. The molecule has 0 spiro atoms. The normalized spacial score (nSPS) is 14.9. The van der Waals surface area contributed by atoms with Gasteiger partial charge in [-0.05, 0) is 30.4 Å². The Balaban J connectivity index is 2.41. The average Bonchev–Trinajstić information content (AvgIpc) is 2.65. The Kier molecular flexibility index (Phi) is 2.76. The van der Waals surface area contributed by atoms with Gasteiger partial charge in [0.05, 0.1) is 0 Å². The molecule has 0 saturated heterocycles. The summed E-state index contributed by atoms with van der Waals surface area (Å²) in [5.74, 6) is -0.351. The van der Waals surface area contributed by atoms with Crippen molar-refractivity contribution in [1.29, 1.82) is 0 Å². The van der Waals surface area contributed by atoms with E-state index in [0.717, 1.165) is 16.5 Å². The highest BCUT2D eigenvalue weighted by atomic mass is 79.9. The maximum absolute atomic E-state index is 11.3. The fourth-order valence-electron chi connectivity index (χ4n) is 1.74. The second-order valence-corrected chi connectivity index (χ2v) is 5.85. The van der Waals surface area contributed by atoms with Crippen LogP contribution in [0.3, 0.4) is 0 Å². The van der Waals surface area contributed by atoms with E-state index in [1.165, 1.54) is 0 Å². The van der Waals surface area contributed by atoms with Crippen molar-refractivity contribution in [2.75, 3.05) is 0 Å². The summed E-state index contributed by atoms with van der Waals surface area (Å²) >= 11 is 3.37. The standard InChI is InChI=1S/C12H13BrN2O/c1-12(13,11(14)16)7-9-4-2-3-8-5-6-15-10(8)9/h2-6,15H,7H2,1H3,(H2,14,16). The summed E-state index contributed by atoms with van der Waals surface area (Å²) in [7, 11) is 0. The number of H-pyrrole nitrogens is 1. The molecule has 2 rings (SSSR count). The van der Waals surface area contributed by atoms with Gasteiger partial charge in [-0.2, -0.15) is 0 Å². The molecule has 0 aliphatic rings. The van der Waals surface area contributed by atoms with Crippen molar-refractivity contribution in [2.45, 2.75) is 17.7 Å². The zero-order chi connectivity index (χ0) is 11.8. The molecule has 0 saturated carbocycles. The molecular formula is C12H13BrN2O. The number of rotatable bonds is 3. The first-order valence-corrected chi connectivity index (χ1v) is 5.84.